The zero-order chi connectivity index (χ0) is 13.0. The Morgan fingerprint density at radius 1 is 1.50 bits per heavy atom. The number of nitrogens with one attached hydrogen (secondary N) is 1. The smallest absolute Gasteiger partial charge is 0.272 e. The summed E-state index contributed by atoms with van der Waals surface area (Å²) >= 11 is 0. The van der Waals surface area contributed by atoms with Crippen molar-refractivity contribution in [3.63, 3.8) is 0 Å². The molecule has 5 nitrogen and oxygen atoms in total. The van der Waals surface area contributed by atoms with Gasteiger partial charge in [-0.1, -0.05) is 0 Å². The second-order valence-corrected chi connectivity index (χ2v) is 4.70. The summed E-state index contributed by atoms with van der Waals surface area (Å²) in [5.41, 5.74) is 1.72. The second-order valence-electron chi connectivity index (χ2n) is 4.70. The van der Waals surface area contributed by atoms with Gasteiger partial charge in [0.05, 0.1) is 11.5 Å². The molecule has 1 aromatic rings. The number of nitrogens with zero attached hydrogens (tertiary/aromatic N) is 1. The third kappa shape index (κ3) is 3.70. The number of hydrogen-bond donors (Lipinski definition) is 1. The van der Waals surface area contributed by atoms with E-state index in [-0.39, 0.29) is 10.6 Å². The van der Waals surface area contributed by atoms with Gasteiger partial charge in [-0.2, -0.15) is 0 Å². The molecule has 0 saturated heterocycles. The van der Waals surface area contributed by atoms with Gasteiger partial charge in [0.15, 0.2) is 0 Å². The van der Waals surface area contributed by atoms with E-state index in [0.29, 0.717) is 12.2 Å². The van der Waals surface area contributed by atoms with E-state index in [9.17, 15) is 10.1 Å². The van der Waals surface area contributed by atoms with Crippen LogP contribution in [0.4, 0.5) is 11.4 Å². The number of aryl methyl sites for hydroxylation is 1. The number of anilines is 1. The first-order valence-electron chi connectivity index (χ1n) is 6.23. The monoisotopic (exact) mass is 250 g/mol. The minimum atomic E-state index is -0.363. The number of benzene rings is 1. The number of nitro benzene ring substituents is 1. The van der Waals surface area contributed by atoms with Crippen molar-refractivity contribution in [2.24, 2.45) is 5.92 Å². The van der Waals surface area contributed by atoms with Crippen LogP contribution < -0.4 is 5.32 Å². The summed E-state index contributed by atoms with van der Waals surface area (Å²) in [7, 11) is 0. The molecule has 1 aliphatic rings. The maximum atomic E-state index is 10.7. The maximum absolute atomic E-state index is 10.7. The molecule has 1 fully saturated rings. The zero-order valence-corrected chi connectivity index (χ0v) is 10.5. The van der Waals surface area contributed by atoms with Crippen molar-refractivity contribution in [2.75, 3.05) is 25.1 Å². The molecule has 0 unspecified atom stereocenters. The van der Waals surface area contributed by atoms with Gasteiger partial charge < -0.3 is 10.1 Å². The quantitative estimate of drug-likeness (QED) is 0.459. The first kappa shape index (κ1) is 12.8. The molecule has 0 bridgehead atoms. The predicted octanol–water partition coefficient (Wildman–Crippen LogP) is 2.74. The van der Waals surface area contributed by atoms with Crippen molar-refractivity contribution >= 4 is 11.4 Å². The Hall–Kier alpha value is -1.62. The molecule has 0 atom stereocenters. The minimum absolute atomic E-state index is 0.158. The molecular weight excluding hydrogens is 232 g/mol. The summed E-state index contributed by atoms with van der Waals surface area (Å²) in [4.78, 5) is 10.3. The first-order valence-corrected chi connectivity index (χ1v) is 6.23. The SMILES string of the molecule is Cc1cc(NCCOCC2CC2)ccc1[N+](=O)[O-]. The minimum Gasteiger partial charge on any atom is -0.383 e. The molecular formula is C13H18N2O3. The van der Waals surface area contributed by atoms with E-state index in [1.54, 1.807) is 19.1 Å². The molecule has 2 rings (SSSR count). The molecule has 1 N–H and O–H groups in total. The third-order valence-electron chi connectivity index (χ3n) is 3.02. The van der Waals surface area contributed by atoms with Gasteiger partial charge in [-0.05, 0) is 37.8 Å². The molecule has 0 amide bonds. The third-order valence-corrected chi connectivity index (χ3v) is 3.02. The summed E-state index contributed by atoms with van der Waals surface area (Å²) in [6, 6.07) is 5.05. The van der Waals surface area contributed by atoms with Crippen LogP contribution in [0.1, 0.15) is 18.4 Å². The predicted molar refractivity (Wildman–Crippen MR) is 69.9 cm³/mol. The molecule has 0 aliphatic heterocycles. The van der Waals surface area contributed by atoms with E-state index in [1.165, 1.54) is 18.9 Å². The van der Waals surface area contributed by atoms with Crippen molar-refractivity contribution in [3.8, 4) is 0 Å². The van der Waals surface area contributed by atoms with Gasteiger partial charge in [-0.25, -0.2) is 0 Å². The van der Waals surface area contributed by atoms with Crippen LogP contribution in [0.25, 0.3) is 0 Å². The fourth-order valence-corrected chi connectivity index (χ4v) is 1.77. The highest BCUT2D eigenvalue weighted by atomic mass is 16.6. The Kier molecular flexibility index (Phi) is 4.15. The van der Waals surface area contributed by atoms with Gasteiger partial charge in [-0.15, -0.1) is 0 Å². The number of hydrogen-bond acceptors (Lipinski definition) is 4. The molecule has 1 aliphatic carbocycles. The summed E-state index contributed by atoms with van der Waals surface area (Å²) in [6.45, 7) is 4.00. The second kappa shape index (κ2) is 5.82. The fourth-order valence-electron chi connectivity index (χ4n) is 1.77. The average molecular weight is 250 g/mol. The maximum Gasteiger partial charge on any atom is 0.272 e. The Morgan fingerprint density at radius 3 is 2.89 bits per heavy atom. The standard InChI is InChI=1S/C13H18N2O3/c1-10-8-12(4-5-13(10)15(16)17)14-6-7-18-9-11-2-3-11/h4-5,8,11,14H,2-3,6-7,9H2,1H3. The number of ether oxygens (including phenoxy) is 1. The van der Waals surface area contributed by atoms with Crippen molar-refractivity contribution in [3.05, 3.63) is 33.9 Å². The van der Waals surface area contributed by atoms with Gasteiger partial charge in [-0.3, -0.25) is 10.1 Å². The molecule has 5 heteroatoms. The highest BCUT2D eigenvalue weighted by Crippen LogP contribution is 2.28. The molecule has 1 saturated carbocycles. The van der Waals surface area contributed by atoms with E-state index in [1.807, 2.05) is 0 Å². The summed E-state index contributed by atoms with van der Waals surface area (Å²) in [6.07, 6.45) is 2.60. The summed E-state index contributed by atoms with van der Waals surface area (Å²) < 4.78 is 5.50. The Bertz CT molecular complexity index is 430. The Morgan fingerprint density at radius 2 is 2.28 bits per heavy atom. The Balaban J connectivity index is 1.74. The molecule has 0 aromatic heterocycles. The van der Waals surface area contributed by atoms with Crippen LogP contribution in [0.3, 0.4) is 0 Å². The molecule has 0 heterocycles. The van der Waals surface area contributed by atoms with Crippen LogP contribution in [0.15, 0.2) is 18.2 Å². The molecule has 0 radical (unpaired) electrons. The lowest BCUT2D eigenvalue weighted by Gasteiger charge is -2.08. The van der Waals surface area contributed by atoms with Crippen molar-refractivity contribution in [2.45, 2.75) is 19.8 Å². The number of rotatable bonds is 7. The van der Waals surface area contributed by atoms with Crippen molar-refractivity contribution < 1.29 is 9.66 Å². The highest BCUT2D eigenvalue weighted by molar-refractivity contribution is 5.53. The topological polar surface area (TPSA) is 64.4 Å². The van der Waals surface area contributed by atoms with E-state index in [2.05, 4.69) is 5.32 Å². The lowest BCUT2D eigenvalue weighted by atomic mass is 10.2. The van der Waals surface area contributed by atoms with Crippen LogP contribution in [0.2, 0.25) is 0 Å². The summed E-state index contributed by atoms with van der Waals surface area (Å²) in [5.74, 6) is 0.784. The molecule has 1 aromatic carbocycles. The summed E-state index contributed by atoms with van der Waals surface area (Å²) in [5, 5.41) is 13.9. The van der Waals surface area contributed by atoms with Crippen LogP contribution in [0.5, 0.6) is 0 Å². The lowest BCUT2D eigenvalue weighted by molar-refractivity contribution is -0.385. The number of nitro groups is 1. The van der Waals surface area contributed by atoms with Crippen molar-refractivity contribution in [1.82, 2.24) is 0 Å². The van der Waals surface area contributed by atoms with Crippen LogP contribution in [-0.4, -0.2) is 24.7 Å². The normalized spacial score (nSPS) is 14.5. The molecule has 98 valence electrons. The van der Waals surface area contributed by atoms with Gasteiger partial charge in [0.2, 0.25) is 0 Å². The zero-order valence-electron chi connectivity index (χ0n) is 10.5. The average Bonchev–Trinajstić information content (AvgIpc) is 3.12. The highest BCUT2D eigenvalue weighted by Gasteiger charge is 2.20. The van der Waals surface area contributed by atoms with Crippen LogP contribution in [-0.2, 0) is 4.74 Å². The van der Waals surface area contributed by atoms with Crippen LogP contribution >= 0.6 is 0 Å². The van der Waals surface area contributed by atoms with E-state index >= 15 is 0 Å². The Labute approximate surface area is 106 Å². The van der Waals surface area contributed by atoms with Crippen LogP contribution in [0, 0.1) is 23.0 Å². The van der Waals surface area contributed by atoms with Gasteiger partial charge in [0, 0.05) is 30.5 Å². The van der Waals surface area contributed by atoms with Gasteiger partial charge in [0.25, 0.3) is 5.69 Å². The van der Waals surface area contributed by atoms with E-state index < -0.39 is 0 Å². The molecule has 0 spiro atoms. The largest absolute Gasteiger partial charge is 0.383 e. The van der Waals surface area contributed by atoms with Crippen molar-refractivity contribution in [1.29, 1.82) is 0 Å². The van der Waals surface area contributed by atoms with E-state index in [4.69, 9.17) is 4.74 Å². The lowest BCUT2D eigenvalue weighted by Crippen LogP contribution is -2.10. The van der Waals surface area contributed by atoms with E-state index in [0.717, 1.165) is 24.8 Å². The molecule has 18 heavy (non-hydrogen) atoms. The van der Waals surface area contributed by atoms with Gasteiger partial charge >= 0.3 is 0 Å². The first-order chi connectivity index (χ1) is 8.66. The fraction of sp³-hybridized carbons (Fsp3) is 0.538. The van der Waals surface area contributed by atoms with Gasteiger partial charge in [0.1, 0.15) is 0 Å².